The first-order valence-corrected chi connectivity index (χ1v) is 10.2. The quantitative estimate of drug-likeness (QED) is 0.822. The third kappa shape index (κ3) is 4.59. The Morgan fingerprint density at radius 3 is 2.84 bits per heavy atom. The second-order valence-electron chi connectivity index (χ2n) is 6.45. The molecule has 0 radical (unpaired) electrons. The van der Waals surface area contributed by atoms with Crippen molar-refractivity contribution >= 4 is 9.84 Å². The summed E-state index contributed by atoms with van der Waals surface area (Å²) >= 11 is 0. The zero-order valence-corrected chi connectivity index (χ0v) is 15.2. The number of aromatic nitrogens is 2. The third-order valence-corrected chi connectivity index (χ3v) is 5.16. The first kappa shape index (κ1) is 17.9. The summed E-state index contributed by atoms with van der Waals surface area (Å²) < 4.78 is 29.8. The molecule has 2 aromatic rings. The van der Waals surface area contributed by atoms with Crippen molar-refractivity contribution in [3.63, 3.8) is 0 Å². The zero-order valence-electron chi connectivity index (χ0n) is 14.4. The molecule has 136 valence electrons. The van der Waals surface area contributed by atoms with Crippen molar-refractivity contribution in [3.8, 4) is 5.75 Å². The van der Waals surface area contributed by atoms with Crippen LogP contribution >= 0.6 is 0 Å². The summed E-state index contributed by atoms with van der Waals surface area (Å²) in [6.07, 6.45) is 0.0298. The number of hydrogen-bond donors (Lipinski definition) is 1. The van der Waals surface area contributed by atoms with E-state index in [9.17, 15) is 13.5 Å². The molecule has 0 unspecified atom stereocenters. The lowest BCUT2D eigenvalue weighted by Gasteiger charge is -2.27. The van der Waals surface area contributed by atoms with E-state index in [0.29, 0.717) is 18.8 Å². The standard InChI is InChI=1S/C17H23N3O4S/c1-24-15-5-3-4-13(8-15)10-19-6-7-20-14(11-19)9-16(18-20)17(21)12-25(2,22)23/h3-5,8-9,17,21H,6-7,10-12H2,1-2H3/t17-/m1/s1. The van der Waals surface area contributed by atoms with Crippen LogP contribution in [0.1, 0.15) is 23.1 Å². The highest BCUT2D eigenvalue weighted by Gasteiger charge is 2.23. The van der Waals surface area contributed by atoms with E-state index in [1.54, 1.807) is 13.2 Å². The van der Waals surface area contributed by atoms with Crippen LogP contribution in [0.2, 0.25) is 0 Å². The Hall–Kier alpha value is -1.90. The Balaban J connectivity index is 1.69. The lowest BCUT2D eigenvalue weighted by Crippen LogP contribution is -2.33. The van der Waals surface area contributed by atoms with Crippen LogP contribution in [0, 0.1) is 0 Å². The summed E-state index contributed by atoms with van der Waals surface area (Å²) in [6, 6.07) is 9.78. The SMILES string of the molecule is COc1cccc(CN2CCn3nc([C@H](O)CS(C)(=O)=O)cc3C2)c1. The van der Waals surface area contributed by atoms with E-state index in [2.05, 4.69) is 16.1 Å². The lowest BCUT2D eigenvalue weighted by molar-refractivity contribution is 0.191. The van der Waals surface area contributed by atoms with Crippen molar-refractivity contribution < 1.29 is 18.3 Å². The van der Waals surface area contributed by atoms with Gasteiger partial charge in [0.15, 0.2) is 0 Å². The van der Waals surface area contributed by atoms with Crippen LogP contribution in [0.3, 0.4) is 0 Å². The molecular formula is C17H23N3O4S. The van der Waals surface area contributed by atoms with Gasteiger partial charge in [-0.25, -0.2) is 8.42 Å². The van der Waals surface area contributed by atoms with Crippen molar-refractivity contribution in [1.82, 2.24) is 14.7 Å². The number of fused-ring (bicyclic) bond motifs is 1. The fraction of sp³-hybridized carbons (Fsp3) is 0.471. The highest BCUT2D eigenvalue weighted by Crippen LogP contribution is 2.21. The molecule has 0 saturated carbocycles. The average Bonchev–Trinajstić information content (AvgIpc) is 2.97. The molecule has 1 atom stereocenters. The number of aliphatic hydroxyl groups is 1. The van der Waals surface area contributed by atoms with E-state index in [4.69, 9.17) is 4.74 Å². The van der Waals surface area contributed by atoms with Gasteiger partial charge in [-0.15, -0.1) is 0 Å². The van der Waals surface area contributed by atoms with Crippen LogP contribution < -0.4 is 4.74 Å². The van der Waals surface area contributed by atoms with Crippen LogP contribution in [-0.2, 0) is 29.5 Å². The van der Waals surface area contributed by atoms with Crippen LogP contribution in [0.25, 0.3) is 0 Å². The Morgan fingerprint density at radius 2 is 2.12 bits per heavy atom. The van der Waals surface area contributed by atoms with Crippen LogP contribution in [0.4, 0.5) is 0 Å². The number of benzene rings is 1. The minimum atomic E-state index is -3.25. The van der Waals surface area contributed by atoms with E-state index in [1.807, 2.05) is 22.9 Å². The third-order valence-electron chi connectivity index (χ3n) is 4.24. The number of hydrogen-bond acceptors (Lipinski definition) is 6. The molecule has 0 saturated heterocycles. The normalized spacial score (nSPS) is 16.4. The number of rotatable bonds is 6. The van der Waals surface area contributed by atoms with E-state index in [0.717, 1.165) is 30.8 Å². The van der Waals surface area contributed by atoms with E-state index < -0.39 is 15.9 Å². The molecule has 1 aromatic carbocycles. The maximum absolute atomic E-state index is 11.4. The molecule has 0 amide bonds. The van der Waals surface area contributed by atoms with Crippen molar-refractivity contribution in [2.45, 2.75) is 25.7 Å². The Labute approximate surface area is 147 Å². The Morgan fingerprint density at radius 1 is 1.32 bits per heavy atom. The maximum Gasteiger partial charge on any atom is 0.150 e. The number of ether oxygens (including phenoxy) is 1. The largest absolute Gasteiger partial charge is 0.497 e. The summed E-state index contributed by atoms with van der Waals surface area (Å²) in [5, 5.41) is 14.4. The number of nitrogens with zero attached hydrogens (tertiary/aromatic N) is 3. The molecule has 0 bridgehead atoms. The van der Waals surface area contributed by atoms with Gasteiger partial charge in [0.1, 0.15) is 21.7 Å². The number of sulfone groups is 1. The maximum atomic E-state index is 11.4. The van der Waals surface area contributed by atoms with Crippen molar-refractivity contribution in [1.29, 1.82) is 0 Å². The van der Waals surface area contributed by atoms with Gasteiger partial charge in [-0.1, -0.05) is 12.1 Å². The summed E-state index contributed by atoms with van der Waals surface area (Å²) in [7, 11) is -1.60. The van der Waals surface area contributed by atoms with Gasteiger partial charge in [0.2, 0.25) is 0 Å². The van der Waals surface area contributed by atoms with Crippen molar-refractivity contribution in [3.05, 3.63) is 47.3 Å². The molecule has 25 heavy (non-hydrogen) atoms. The molecule has 8 heteroatoms. The average molecular weight is 365 g/mol. The molecule has 0 spiro atoms. The van der Waals surface area contributed by atoms with Gasteiger partial charge < -0.3 is 9.84 Å². The van der Waals surface area contributed by atoms with Crippen LogP contribution in [0.5, 0.6) is 5.75 Å². The Bertz CT molecular complexity index is 847. The summed E-state index contributed by atoms with van der Waals surface area (Å²) in [5.41, 5.74) is 2.57. The van der Waals surface area contributed by atoms with Crippen LogP contribution in [-0.4, -0.2) is 53.9 Å². The van der Waals surface area contributed by atoms with Crippen LogP contribution in [0.15, 0.2) is 30.3 Å². The van der Waals surface area contributed by atoms with Gasteiger partial charge in [0, 0.05) is 25.9 Å². The molecule has 1 N–H and O–H groups in total. The molecule has 1 aliphatic heterocycles. The van der Waals surface area contributed by atoms with Crippen molar-refractivity contribution in [2.24, 2.45) is 0 Å². The minimum Gasteiger partial charge on any atom is -0.497 e. The van der Waals surface area contributed by atoms with Gasteiger partial charge >= 0.3 is 0 Å². The molecule has 2 heterocycles. The first-order chi connectivity index (χ1) is 11.8. The first-order valence-electron chi connectivity index (χ1n) is 8.12. The zero-order chi connectivity index (χ0) is 18.0. The van der Waals surface area contributed by atoms with Gasteiger partial charge in [-0.2, -0.15) is 5.10 Å². The molecule has 1 aromatic heterocycles. The van der Waals surface area contributed by atoms with E-state index >= 15 is 0 Å². The monoisotopic (exact) mass is 365 g/mol. The topological polar surface area (TPSA) is 84.7 Å². The van der Waals surface area contributed by atoms with Gasteiger partial charge in [-0.05, 0) is 23.8 Å². The van der Waals surface area contributed by atoms with Crippen molar-refractivity contribution in [2.75, 3.05) is 25.7 Å². The summed E-state index contributed by atoms with van der Waals surface area (Å²) in [5.74, 6) is 0.530. The fourth-order valence-electron chi connectivity index (χ4n) is 3.04. The fourth-order valence-corrected chi connectivity index (χ4v) is 3.79. The molecule has 1 aliphatic rings. The second-order valence-corrected chi connectivity index (χ2v) is 8.64. The van der Waals surface area contributed by atoms with E-state index in [-0.39, 0.29) is 5.75 Å². The summed E-state index contributed by atoms with van der Waals surface area (Å²) in [6.45, 7) is 3.05. The summed E-state index contributed by atoms with van der Waals surface area (Å²) in [4.78, 5) is 2.29. The van der Waals surface area contributed by atoms with Gasteiger partial charge in [0.05, 0.1) is 30.8 Å². The molecular weight excluding hydrogens is 342 g/mol. The minimum absolute atomic E-state index is 0.309. The number of methoxy groups -OCH3 is 1. The lowest BCUT2D eigenvalue weighted by atomic mass is 10.1. The second kappa shape index (κ2) is 7.15. The molecule has 7 nitrogen and oxygen atoms in total. The molecule has 3 rings (SSSR count). The van der Waals surface area contributed by atoms with E-state index in [1.165, 1.54) is 5.56 Å². The van der Waals surface area contributed by atoms with Gasteiger partial charge in [0.25, 0.3) is 0 Å². The predicted octanol–water partition coefficient (Wildman–Crippen LogP) is 0.985. The highest BCUT2D eigenvalue weighted by atomic mass is 32.2. The highest BCUT2D eigenvalue weighted by molar-refractivity contribution is 7.90. The number of aliphatic hydroxyl groups excluding tert-OH is 1. The predicted molar refractivity (Wildman–Crippen MR) is 94.0 cm³/mol. The van der Waals surface area contributed by atoms with Gasteiger partial charge in [-0.3, -0.25) is 9.58 Å². The Kier molecular flexibility index (Phi) is 5.12. The molecule has 0 fully saturated rings. The smallest absolute Gasteiger partial charge is 0.150 e. The molecule has 0 aliphatic carbocycles.